The third-order valence-electron chi connectivity index (χ3n) is 19.4. The van der Waals surface area contributed by atoms with Crippen LogP contribution < -0.4 is 0 Å². The van der Waals surface area contributed by atoms with Crippen LogP contribution in [-0.2, 0) is 90.2 Å². The highest BCUT2D eigenvalue weighted by Crippen LogP contribution is 2.69. The smallest absolute Gasteiger partial charge is 0.333 e. The fraction of sp³-hybridized carbons (Fsp3) is 0.862. The highest BCUT2D eigenvalue weighted by molar-refractivity contribution is 5.88. The monoisotopic (exact) mass is 1140 g/mol. The summed E-state index contributed by atoms with van der Waals surface area (Å²) in [4.78, 5) is 53.2. The van der Waals surface area contributed by atoms with Crippen molar-refractivity contribution >= 4 is 23.7 Å². The van der Waals surface area contributed by atoms with Crippen LogP contribution in [0.15, 0.2) is 23.3 Å². The van der Waals surface area contributed by atoms with E-state index in [-0.39, 0.29) is 31.3 Å². The number of aliphatic hydroxyl groups excluding tert-OH is 2. The summed E-state index contributed by atoms with van der Waals surface area (Å²) in [5.74, 6) is -3.87. The molecule has 4 aliphatic carbocycles. The Bertz CT molecular complexity index is 2240. The van der Waals surface area contributed by atoms with Crippen LogP contribution >= 0.6 is 0 Å². The Morgan fingerprint density at radius 1 is 0.662 bits per heavy atom. The molecule has 26 atom stereocenters. The Labute approximate surface area is 470 Å². The number of hydrogen-bond acceptors (Lipinski definition) is 22. The number of ether oxygens (including phenoxy) is 15. The zero-order chi connectivity index (χ0) is 58.3. The van der Waals surface area contributed by atoms with Gasteiger partial charge in [-0.3, -0.25) is 14.4 Å². The van der Waals surface area contributed by atoms with E-state index in [1.807, 2.05) is 20.8 Å². The minimum Gasteiger partial charge on any atom is -0.465 e. The molecule has 8 aliphatic rings. The van der Waals surface area contributed by atoms with Crippen LogP contribution in [0.1, 0.15) is 127 Å². The first-order valence-corrected chi connectivity index (χ1v) is 28.7. The van der Waals surface area contributed by atoms with Crippen molar-refractivity contribution in [3.05, 3.63) is 23.3 Å². The summed E-state index contributed by atoms with van der Waals surface area (Å²) in [5.41, 5.74) is -2.57. The first kappa shape index (κ1) is 63.0. The molecular formula is C58H90O22. The van der Waals surface area contributed by atoms with Crippen molar-refractivity contribution in [3.8, 4) is 0 Å². The number of carbonyl (C=O) groups is 4. The van der Waals surface area contributed by atoms with Gasteiger partial charge in [-0.2, -0.15) is 0 Å². The van der Waals surface area contributed by atoms with Gasteiger partial charge in [-0.15, -0.1) is 0 Å². The predicted octanol–water partition coefficient (Wildman–Crippen LogP) is 4.31. The Kier molecular flexibility index (Phi) is 20.2. The number of Topliss-reactive ketones (excluding diaryl/α,β-unsaturated/α-hetero) is 1. The lowest BCUT2D eigenvalue weighted by atomic mass is 9.43. The number of rotatable bonds is 18. The number of carbonyl (C=O) groups excluding carboxylic acids is 4. The van der Waals surface area contributed by atoms with Gasteiger partial charge >= 0.3 is 17.9 Å². The minimum absolute atomic E-state index is 0.0845. The van der Waals surface area contributed by atoms with E-state index < -0.39 is 169 Å². The fourth-order valence-electron chi connectivity index (χ4n) is 15.2. The van der Waals surface area contributed by atoms with E-state index in [2.05, 4.69) is 6.08 Å². The van der Waals surface area contributed by atoms with Crippen molar-refractivity contribution in [2.24, 2.45) is 28.6 Å². The zero-order valence-electron chi connectivity index (χ0n) is 49.1. The molecule has 4 saturated heterocycles. The van der Waals surface area contributed by atoms with Gasteiger partial charge in [0.1, 0.15) is 61.2 Å². The zero-order valence-corrected chi connectivity index (χ0v) is 49.1. The number of methoxy groups -OCH3 is 4. The highest BCUT2D eigenvalue weighted by Gasteiger charge is 2.76. The van der Waals surface area contributed by atoms with Gasteiger partial charge in [0.15, 0.2) is 25.2 Å². The Morgan fingerprint density at radius 2 is 1.21 bits per heavy atom. The highest BCUT2D eigenvalue weighted by atomic mass is 16.8. The summed E-state index contributed by atoms with van der Waals surface area (Å²) in [6.45, 7) is 16.4. The van der Waals surface area contributed by atoms with Crippen LogP contribution in [0.2, 0.25) is 0 Å². The standard InChI is InChI=1S/C58H90O22/c1-15-27(2)54(64)79-51-45-38(58(65)21-19-37(28(3)59)56(58,10)53(51)75-34(9)61)17-16-35-22-36(18-20-57(35,45)26-70-33(8)60)76-42-23-39(66-11)48(30(5)71-42)77-43-24-40(67-12)49(31(6)72-43)78-44-25-41(68-13)50(32(7)73-44)80-55-47(63)52(69-14)46(62)29(4)74-55/h15-16,29-32,36-53,55,62-63,65H,17-26H2,1-14H3/b27-15+/t29-,30-,31-,32-,36+,37-,38?,39+,40+,41-,42+,43+,44+,45?,46-,47-,48-,49-,50-,51+,52+,53-,55+,56+,57-,58+/m1/s1. The lowest BCUT2D eigenvalue weighted by molar-refractivity contribution is -0.355. The molecule has 2 unspecified atom stereocenters. The number of esters is 3. The maximum absolute atomic E-state index is 13.9. The van der Waals surface area contributed by atoms with Gasteiger partial charge in [-0.25, -0.2) is 4.79 Å². The molecule has 4 heterocycles. The van der Waals surface area contributed by atoms with Crippen molar-refractivity contribution in [3.63, 3.8) is 0 Å². The molecule has 0 aromatic carbocycles. The number of hydrogen-bond donors (Lipinski definition) is 3. The number of fused-ring (bicyclic) bond motifs is 5. The molecule has 0 amide bonds. The van der Waals surface area contributed by atoms with Gasteiger partial charge in [0.25, 0.3) is 0 Å². The summed E-state index contributed by atoms with van der Waals surface area (Å²) < 4.78 is 93.6. The van der Waals surface area contributed by atoms with Crippen LogP contribution in [-0.4, -0.2) is 202 Å². The SMILES string of the molecule is C/C=C(\C)C(=O)O[C@H]1C2C(CC=C3C[C@@H](O[C@H]4C[C@H](OC)[C@H](O[C@H]5C[C@H](OC)[C@H](O[C@H]6C[C@@H](OC)[C@H](O[C@@H]7O[C@H](C)[C@@H](O)[C@H](OC)[C@H]7O)[C@@H](C)O6)[C@@H](C)O5)[C@@H](C)O4)CC[C@@]32COC(C)=O)[C@@]2(O)CC[C@H](C(C)=O)[C@@]2(C)[C@@H]1OC(C)=O. The van der Waals surface area contributed by atoms with E-state index in [9.17, 15) is 34.5 Å². The lowest BCUT2D eigenvalue weighted by Crippen LogP contribution is -2.73. The van der Waals surface area contributed by atoms with Gasteiger partial charge in [0.05, 0.1) is 54.4 Å². The number of allylic oxidation sites excluding steroid dienone is 2. The summed E-state index contributed by atoms with van der Waals surface area (Å²) >= 11 is 0. The van der Waals surface area contributed by atoms with Crippen molar-refractivity contribution in [2.45, 2.75) is 255 Å². The third-order valence-corrected chi connectivity index (χ3v) is 19.4. The molecule has 454 valence electrons. The number of aliphatic hydroxyl groups is 3. The van der Waals surface area contributed by atoms with Gasteiger partial charge in [0, 0.05) is 89.8 Å². The molecule has 8 rings (SSSR count). The molecule has 0 radical (unpaired) electrons. The van der Waals surface area contributed by atoms with E-state index in [1.54, 1.807) is 55.1 Å². The second-order valence-corrected chi connectivity index (χ2v) is 23.9. The van der Waals surface area contributed by atoms with Gasteiger partial charge in [-0.1, -0.05) is 24.6 Å². The van der Waals surface area contributed by atoms with Crippen LogP contribution in [0.25, 0.3) is 0 Å². The van der Waals surface area contributed by atoms with Crippen molar-refractivity contribution in [1.82, 2.24) is 0 Å². The largest absolute Gasteiger partial charge is 0.465 e. The Hall–Kier alpha value is -3.04. The average Bonchev–Trinajstić information content (AvgIpc) is 3.78. The predicted molar refractivity (Wildman–Crippen MR) is 280 cm³/mol. The van der Waals surface area contributed by atoms with Crippen molar-refractivity contribution in [1.29, 1.82) is 0 Å². The van der Waals surface area contributed by atoms with E-state index in [0.29, 0.717) is 50.5 Å². The van der Waals surface area contributed by atoms with Gasteiger partial charge < -0.3 is 86.4 Å². The van der Waals surface area contributed by atoms with Crippen LogP contribution in [0, 0.1) is 28.6 Å². The molecule has 0 aromatic rings. The second-order valence-electron chi connectivity index (χ2n) is 23.9. The van der Waals surface area contributed by atoms with Crippen LogP contribution in [0.5, 0.6) is 0 Å². The Morgan fingerprint density at radius 3 is 1.71 bits per heavy atom. The Balaban J connectivity index is 0.929. The quantitative estimate of drug-likeness (QED) is 0.0747. The van der Waals surface area contributed by atoms with E-state index in [4.69, 9.17) is 71.1 Å². The normalized spacial score (nSPS) is 46.7. The van der Waals surface area contributed by atoms with E-state index in [0.717, 1.165) is 5.57 Å². The molecule has 4 aliphatic heterocycles. The fourth-order valence-corrected chi connectivity index (χ4v) is 15.2. The maximum Gasteiger partial charge on any atom is 0.333 e. The van der Waals surface area contributed by atoms with Gasteiger partial charge in [-0.05, 0) is 92.9 Å². The molecule has 7 fully saturated rings. The molecule has 22 nitrogen and oxygen atoms in total. The first-order chi connectivity index (χ1) is 37.9. The molecule has 3 N–H and O–H groups in total. The summed E-state index contributed by atoms with van der Waals surface area (Å²) in [5, 5.41) is 34.6. The molecule has 0 bridgehead atoms. The van der Waals surface area contributed by atoms with E-state index >= 15 is 0 Å². The van der Waals surface area contributed by atoms with Crippen LogP contribution in [0.4, 0.5) is 0 Å². The average molecular weight is 1140 g/mol. The molecule has 0 aromatic heterocycles. The molecule has 3 saturated carbocycles. The second kappa shape index (κ2) is 25.7. The first-order valence-electron chi connectivity index (χ1n) is 28.7. The van der Waals surface area contributed by atoms with Crippen molar-refractivity contribution in [2.75, 3.05) is 35.0 Å². The topological polar surface area (TPSA) is 267 Å². The third kappa shape index (κ3) is 12.0. The van der Waals surface area contributed by atoms with Crippen LogP contribution in [0.3, 0.4) is 0 Å². The minimum atomic E-state index is -1.52. The molecule has 0 spiro atoms. The summed E-state index contributed by atoms with van der Waals surface area (Å²) in [7, 11) is 6.20. The van der Waals surface area contributed by atoms with E-state index in [1.165, 1.54) is 27.9 Å². The van der Waals surface area contributed by atoms with Crippen molar-refractivity contribution < 1.29 is 106 Å². The molecular weight excluding hydrogens is 1050 g/mol. The molecule has 80 heavy (non-hydrogen) atoms. The molecule has 22 heteroatoms. The lowest BCUT2D eigenvalue weighted by Gasteiger charge is -2.65. The number of ketones is 1. The van der Waals surface area contributed by atoms with Gasteiger partial charge in [0.2, 0.25) is 0 Å². The summed E-state index contributed by atoms with van der Waals surface area (Å²) in [6.07, 6.45) is -7.73. The maximum atomic E-state index is 13.9. The summed E-state index contributed by atoms with van der Waals surface area (Å²) in [6, 6.07) is 0.